The summed E-state index contributed by atoms with van der Waals surface area (Å²) in [7, 11) is -3.92. The zero-order valence-electron chi connectivity index (χ0n) is 18.2. The summed E-state index contributed by atoms with van der Waals surface area (Å²) < 4.78 is 24.5. The SMILES string of the molecule is NS(=O)(=O)c1ccccc1-c1cc2cccc(-c3ccccc3)c2c(NCc2ccccn2)n1. The Labute approximate surface area is 198 Å². The van der Waals surface area contributed by atoms with Gasteiger partial charge in [-0.25, -0.2) is 18.5 Å². The predicted octanol–water partition coefficient (Wildman–Crippen LogP) is 5.22. The Kier molecular flexibility index (Phi) is 5.79. The molecule has 0 spiro atoms. The number of rotatable bonds is 6. The van der Waals surface area contributed by atoms with Gasteiger partial charge in [-0.15, -0.1) is 0 Å². The maximum absolute atomic E-state index is 12.3. The average molecular weight is 467 g/mol. The molecule has 0 aliphatic carbocycles. The Bertz CT molecular complexity index is 1570. The number of benzene rings is 3. The van der Waals surface area contributed by atoms with Gasteiger partial charge in [-0.3, -0.25) is 4.98 Å². The van der Waals surface area contributed by atoms with E-state index in [2.05, 4.69) is 28.5 Å². The highest BCUT2D eigenvalue weighted by Crippen LogP contribution is 2.36. The van der Waals surface area contributed by atoms with Crippen molar-refractivity contribution in [2.45, 2.75) is 11.4 Å². The third-order valence-corrected chi connectivity index (χ3v) is 6.54. The Hall–Kier alpha value is -4.07. The van der Waals surface area contributed by atoms with Gasteiger partial charge in [0.05, 0.1) is 22.8 Å². The molecule has 0 aliphatic rings. The number of nitrogens with zero attached hydrogens (tertiary/aromatic N) is 2. The number of aromatic nitrogens is 2. The van der Waals surface area contributed by atoms with Crippen LogP contribution in [0.5, 0.6) is 0 Å². The van der Waals surface area contributed by atoms with Gasteiger partial charge in [0.25, 0.3) is 0 Å². The number of primary sulfonamides is 1. The standard InChI is InChI=1S/C27H22N4O2S/c28-34(32,33)25-15-5-4-13-23(25)24-17-20-11-8-14-22(19-9-2-1-3-10-19)26(20)27(31-24)30-18-21-12-6-7-16-29-21/h1-17H,18H2,(H,30,31)(H2,28,32,33). The summed E-state index contributed by atoms with van der Waals surface area (Å²) in [6.07, 6.45) is 1.75. The van der Waals surface area contributed by atoms with Crippen molar-refractivity contribution in [2.24, 2.45) is 5.14 Å². The summed E-state index contributed by atoms with van der Waals surface area (Å²) in [6, 6.07) is 30.4. The van der Waals surface area contributed by atoms with Gasteiger partial charge in [-0.05, 0) is 40.8 Å². The van der Waals surface area contributed by atoms with Gasteiger partial charge in [0.15, 0.2) is 0 Å². The second-order valence-electron chi connectivity index (χ2n) is 7.84. The van der Waals surface area contributed by atoms with Crippen LogP contribution in [0.2, 0.25) is 0 Å². The monoisotopic (exact) mass is 466 g/mol. The minimum absolute atomic E-state index is 0.0386. The summed E-state index contributed by atoms with van der Waals surface area (Å²) in [5.74, 6) is 0.641. The fourth-order valence-corrected chi connectivity index (χ4v) is 4.79. The van der Waals surface area contributed by atoms with E-state index in [1.807, 2.05) is 54.6 Å². The van der Waals surface area contributed by atoms with Crippen LogP contribution in [0, 0.1) is 0 Å². The van der Waals surface area contributed by atoms with Crippen LogP contribution in [0.1, 0.15) is 5.69 Å². The first-order valence-electron chi connectivity index (χ1n) is 10.8. The lowest BCUT2D eigenvalue weighted by Gasteiger charge is -2.16. The van der Waals surface area contributed by atoms with Crippen LogP contribution in [0.4, 0.5) is 5.82 Å². The predicted molar refractivity (Wildman–Crippen MR) is 136 cm³/mol. The molecular formula is C27H22N4O2S. The lowest BCUT2D eigenvalue weighted by atomic mass is 9.97. The van der Waals surface area contributed by atoms with Gasteiger partial charge in [0, 0.05) is 17.1 Å². The van der Waals surface area contributed by atoms with Gasteiger partial charge >= 0.3 is 0 Å². The summed E-state index contributed by atoms with van der Waals surface area (Å²) >= 11 is 0. The normalized spacial score (nSPS) is 11.4. The fourth-order valence-electron chi connectivity index (χ4n) is 4.04. The molecule has 0 aliphatic heterocycles. The van der Waals surface area contributed by atoms with Crippen molar-refractivity contribution in [2.75, 3.05) is 5.32 Å². The molecule has 34 heavy (non-hydrogen) atoms. The Balaban J connectivity index is 1.73. The average Bonchev–Trinajstić information content (AvgIpc) is 2.87. The minimum Gasteiger partial charge on any atom is -0.364 e. The van der Waals surface area contributed by atoms with E-state index >= 15 is 0 Å². The molecule has 2 aromatic heterocycles. The molecule has 168 valence electrons. The number of fused-ring (bicyclic) bond motifs is 1. The molecule has 0 bridgehead atoms. The quantitative estimate of drug-likeness (QED) is 0.357. The Morgan fingerprint density at radius 1 is 0.794 bits per heavy atom. The third-order valence-electron chi connectivity index (χ3n) is 5.58. The van der Waals surface area contributed by atoms with Gasteiger partial charge in [0.2, 0.25) is 10.0 Å². The smallest absolute Gasteiger partial charge is 0.238 e. The molecular weight excluding hydrogens is 444 g/mol. The fraction of sp³-hybridized carbons (Fsp3) is 0.0370. The van der Waals surface area contributed by atoms with E-state index in [-0.39, 0.29) is 4.90 Å². The molecule has 0 atom stereocenters. The molecule has 0 amide bonds. The van der Waals surface area contributed by atoms with Crippen LogP contribution in [0.25, 0.3) is 33.2 Å². The number of hydrogen-bond donors (Lipinski definition) is 2. The van der Waals surface area contributed by atoms with Crippen molar-refractivity contribution >= 4 is 26.6 Å². The Morgan fingerprint density at radius 3 is 2.29 bits per heavy atom. The largest absolute Gasteiger partial charge is 0.364 e. The number of hydrogen-bond acceptors (Lipinski definition) is 5. The molecule has 5 aromatic rings. The molecule has 7 heteroatoms. The number of pyridine rings is 2. The van der Waals surface area contributed by atoms with Gasteiger partial charge in [-0.2, -0.15) is 0 Å². The van der Waals surface area contributed by atoms with E-state index in [9.17, 15) is 8.42 Å². The maximum Gasteiger partial charge on any atom is 0.238 e. The van der Waals surface area contributed by atoms with E-state index in [0.717, 1.165) is 27.6 Å². The van der Waals surface area contributed by atoms with Crippen molar-refractivity contribution in [1.82, 2.24) is 9.97 Å². The lowest BCUT2D eigenvalue weighted by molar-refractivity contribution is 0.598. The molecule has 0 fully saturated rings. The zero-order chi connectivity index (χ0) is 23.5. The van der Waals surface area contributed by atoms with E-state index in [0.29, 0.717) is 23.6 Å². The molecule has 3 N–H and O–H groups in total. The van der Waals surface area contributed by atoms with Crippen molar-refractivity contribution in [3.63, 3.8) is 0 Å². The molecule has 6 nitrogen and oxygen atoms in total. The van der Waals surface area contributed by atoms with Crippen LogP contribution in [0.3, 0.4) is 0 Å². The first-order valence-corrected chi connectivity index (χ1v) is 12.3. The maximum atomic E-state index is 12.3. The van der Waals surface area contributed by atoms with Gasteiger partial charge in [-0.1, -0.05) is 72.8 Å². The summed E-state index contributed by atoms with van der Waals surface area (Å²) in [4.78, 5) is 9.32. The van der Waals surface area contributed by atoms with Crippen LogP contribution >= 0.6 is 0 Å². The highest BCUT2D eigenvalue weighted by molar-refractivity contribution is 7.89. The number of nitrogens with one attached hydrogen (secondary N) is 1. The number of nitrogens with two attached hydrogens (primary N) is 1. The number of sulfonamides is 1. The van der Waals surface area contributed by atoms with E-state index in [1.165, 1.54) is 6.07 Å². The second-order valence-corrected chi connectivity index (χ2v) is 9.37. The van der Waals surface area contributed by atoms with Crippen LogP contribution in [-0.4, -0.2) is 18.4 Å². The Morgan fingerprint density at radius 2 is 1.53 bits per heavy atom. The van der Waals surface area contributed by atoms with Crippen molar-refractivity contribution in [3.05, 3.63) is 109 Å². The van der Waals surface area contributed by atoms with E-state index in [4.69, 9.17) is 10.1 Å². The summed E-state index contributed by atoms with van der Waals surface area (Å²) in [5.41, 5.74) is 3.93. The molecule has 3 aromatic carbocycles. The van der Waals surface area contributed by atoms with Crippen molar-refractivity contribution in [1.29, 1.82) is 0 Å². The summed E-state index contributed by atoms with van der Waals surface area (Å²) in [6.45, 7) is 0.465. The minimum atomic E-state index is -3.92. The number of anilines is 1. The second kappa shape index (κ2) is 9.05. The lowest BCUT2D eigenvalue weighted by Crippen LogP contribution is -2.13. The topological polar surface area (TPSA) is 98.0 Å². The van der Waals surface area contributed by atoms with Crippen LogP contribution < -0.4 is 10.5 Å². The summed E-state index contributed by atoms with van der Waals surface area (Å²) in [5, 5.41) is 10.8. The highest BCUT2D eigenvalue weighted by atomic mass is 32.2. The zero-order valence-corrected chi connectivity index (χ0v) is 19.0. The molecule has 0 radical (unpaired) electrons. The third kappa shape index (κ3) is 4.39. The van der Waals surface area contributed by atoms with Gasteiger partial charge in [0.1, 0.15) is 5.82 Å². The van der Waals surface area contributed by atoms with Crippen LogP contribution in [0.15, 0.2) is 108 Å². The van der Waals surface area contributed by atoms with E-state index in [1.54, 1.807) is 24.4 Å². The molecule has 0 saturated carbocycles. The van der Waals surface area contributed by atoms with Crippen molar-refractivity contribution in [3.8, 4) is 22.4 Å². The molecule has 0 unspecified atom stereocenters. The molecule has 2 heterocycles. The molecule has 5 rings (SSSR count). The first kappa shape index (κ1) is 21.8. The van der Waals surface area contributed by atoms with Gasteiger partial charge < -0.3 is 5.32 Å². The van der Waals surface area contributed by atoms with E-state index < -0.39 is 10.0 Å². The first-order chi connectivity index (χ1) is 16.5. The molecule has 0 saturated heterocycles. The van der Waals surface area contributed by atoms with Crippen molar-refractivity contribution < 1.29 is 8.42 Å². The highest BCUT2D eigenvalue weighted by Gasteiger charge is 2.18. The van der Waals surface area contributed by atoms with Crippen LogP contribution in [-0.2, 0) is 16.6 Å².